The molecule has 1 saturated heterocycles. The van der Waals surface area contributed by atoms with Gasteiger partial charge in [0.2, 0.25) is 5.82 Å². The van der Waals surface area contributed by atoms with Gasteiger partial charge in [0.25, 0.3) is 5.91 Å². The molecule has 4 aromatic rings. The number of likely N-dealkylation sites (tertiary alicyclic amines) is 1. The van der Waals surface area contributed by atoms with Gasteiger partial charge in [-0.3, -0.25) is 4.79 Å². The van der Waals surface area contributed by atoms with Gasteiger partial charge in [0.05, 0.1) is 5.69 Å². The molecule has 3 aromatic carbocycles. The normalized spacial score (nSPS) is 14.2. The maximum absolute atomic E-state index is 13.3. The summed E-state index contributed by atoms with van der Waals surface area (Å²) in [6.07, 6.45) is 1.66. The molecular weight excluding hydrogens is 424 g/mol. The number of carbonyl (C=O) groups is 1. The highest BCUT2D eigenvalue weighted by molar-refractivity contribution is 5.91. The van der Waals surface area contributed by atoms with E-state index in [4.69, 9.17) is 4.74 Å². The van der Waals surface area contributed by atoms with Gasteiger partial charge in [-0.15, -0.1) is 5.10 Å². The van der Waals surface area contributed by atoms with Crippen molar-refractivity contribution in [3.63, 3.8) is 0 Å². The van der Waals surface area contributed by atoms with E-state index >= 15 is 0 Å². The molecule has 0 atom stereocenters. The number of aryl methyl sites for hydroxylation is 2. The number of piperidine rings is 1. The Balaban J connectivity index is 1.33. The first-order chi connectivity index (χ1) is 16.6. The molecule has 0 radical (unpaired) electrons. The zero-order chi connectivity index (χ0) is 23.5. The van der Waals surface area contributed by atoms with Crippen molar-refractivity contribution in [3.8, 4) is 22.8 Å². The summed E-state index contributed by atoms with van der Waals surface area (Å²) in [6, 6.07) is 25.9. The molecule has 172 valence electrons. The molecule has 0 unspecified atom stereocenters. The van der Waals surface area contributed by atoms with E-state index in [0.29, 0.717) is 18.9 Å². The van der Waals surface area contributed by atoms with Crippen LogP contribution in [-0.4, -0.2) is 44.8 Å². The molecule has 0 N–H and O–H groups in total. The van der Waals surface area contributed by atoms with Crippen molar-refractivity contribution in [2.75, 3.05) is 13.1 Å². The Morgan fingerprint density at radius 3 is 2.29 bits per heavy atom. The zero-order valence-electron chi connectivity index (χ0n) is 19.5. The van der Waals surface area contributed by atoms with E-state index in [-0.39, 0.29) is 17.8 Å². The summed E-state index contributed by atoms with van der Waals surface area (Å²) in [6.45, 7) is 5.37. The van der Waals surface area contributed by atoms with Crippen LogP contribution in [0.15, 0.2) is 78.9 Å². The summed E-state index contributed by atoms with van der Waals surface area (Å²) < 4.78 is 8.02. The Morgan fingerprint density at radius 2 is 1.59 bits per heavy atom. The van der Waals surface area contributed by atoms with Crippen LogP contribution in [0.2, 0.25) is 0 Å². The van der Waals surface area contributed by atoms with Crippen LogP contribution < -0.4 is 4.74 Å². The fourth-order valence-electron chi connectivity index (χ4n) is 4.26. The lowest BCUT2D eigenvalue weighted by Gasteiger charge is -2.32. The summed E-state index contributed by atoms with van der Waals surface area (Å²) in [4.78, 5) is 19.8. The van der Waals surface area contributed by atoms with Crippen LogP contribution in [0.3, 0.4) is 0 Å². The predicted octanol–water partition coefficient (Wildman–Crippen LogP) is 5.23. The van der Waals surface area contributed by atoms with Crippen molar-refractivity contribution in [2.45, 2.75) is 32.8 Å². The fraction of sp³-hybridized carbons (Fsp3) is 0.250. The third-order valence-electron chi connectivity index (χ3n) is 6.20. The van der Waals surface area contributed by atoms with Crippen molar-refractivity contribution in [3.05, 3.63) is 95.8 Å². The molecule has 2 heterocycles. The molecule has 6 nitrogen and oxygen atoms in total. The number of hydrogen-bond acceptors (Lipinski definition) is 4. The van der Waals surface area contributed by atoms with Gasteiger partial charge in [-0.1, -0.05) is 60.7 Å². The molecule has 1 fully saturated rings. The number of benzene rings is 3. The number of hydrogen-bond donors (Lipinski definition) is 0. The van der Waals surface area contributed by atoms with Gasteiger partial charge < -0.3 is 9.64 Å². The summed E-state index contributed by atoms with van der Waals surface area (Å²) >= 11 is 0. The summed E-state index contributed by atoms with van der Waals surface area (Å²) in [5, 5.41) is 4.62. The second-order valence-electron chi connectivity index (χ2n) is 8.75. The van der Waals surface area contributed by atoms with Crippen molar-refractivity contribution in [1.82, 2.24) is 19.7 Å². The van der Waals surface area contributed by atoms with Crippen LogP contribution in [-0.2, 0) is 0 Å². The molecule has 1 aliphatic heterocycles. The molecule has 0 saturated carbocycles. The lowest BCUT2D eigenvalue weighted by molar-refractivity contribution is 0.0583. The van der Waals surface area contributed by atoms with E-state index in [9.17, 15) is 4.79 Å². The molecule has 0 aliphatic carbocycles. The lowest BCUT2D eigenvalue weighted by atomic mass is 10.1. The monoisotopic (exact) mass is 452 g/mol. The highest BCUT2D eigenvalue weighted by Gasteiger charge is 2.28. The second-order valence-corrected chi connectivity index (χ2v) is 8.75. The average molecular weight is 453 g/mol. The number of ether oxygens (including phenoxy) is 1. The SMILES string of the molecule is Cc1ccc(C)c(OC2CCN(C(=O)c3nc(-c4ccccc4)n(-c4ccccc4)n3)CC2)c1. The molecule has 1 amide bonds. The second kappa shape index (κ2) is 9.51. The maximum Gasteiger partial charge on any atom is 0.293 e. The Hall–Kier alpha value is -3.93. The first-order valence-corrected chi connectivity index (χ1v) is 11.7. The third-order valence-corrected chi connectivity index (χ3v) is 6.20. The Kier molecular flexibility index (Phi) is 6.12. The average Bonchev–Trinajstić information content (AvgIpc) is 3.33. The van der Waals surface area contributed by atoms with E-state index in [2.05, 4.69) is 42.1 Å². The van der Waals surface area contributed by atoms with Crippen molar-refractivity contribution < 1.29 is 9.53 Å². The molecular formula is C28H28N4O2. The Morgan fingerprint density at radius 1 is 0.912 bits per heavy atom. The first-order valence-electron chi connectivity index (χ1n) is 11.7. The molecule has 34 heavy (non-hydrogen) atoms. The predicted molar refractivity (Wildman–Crippen MR) is 132 cm³/mol. The first kappa shape index (κ1) is 21.9. The fourth-order valence-corrected chi connectivity index (χ4v) is 4.26. The topological polar surface area (TPSA) is 60.2 Å². The minimum atomic E-state index is -0.142. The molecule has 1 aromatic heterocycles. The van der Waals surface area contributed by atoms with Crippen LogP contribution >= 0.6 is 0 Å². The van der Waals surface area contributed by atoms with Gasteiger partial charge in [0.1, 0.15) is 11.9 Å². The van der Waals surface area contributed by atoms with Crippen molar-refractivity contribution in [2.24, 2.45) is 0 Å². The Bertz CT molecular complexity index is 1220. The number of carbonyl (C=O) groups excluding carboxylic acids is 1. The van der Waals surface area contributed by atoms with Crippen LogP contribution in [0.25, 0.3) is 17.1 Å². The van der Waals surface area contributed by atoms with Gasteiger partial charge in [0.15, 0.2) is 5.82 Å². The van der Waals surface area contributed by atoms with Crippen molar-refractivity contribution in [1.29, 1.82) is 0 Å². The van der Waals surface area contributed by atoms with Crippen LogP contribution in [0.5, 0.6) is 5.75 Å². The molecule has 0 bridgehead atoms. The number of aromatic nitrogens is 3. The van der Waals surface area contributed by atoms with Gasteiger partial charge in [-0.2, -0.15) is 0 Å². The van der Waals surface area contributed by atoms with E-state index < -0.39 is 0 Å². The quantitative estimate of drug-likeness (QED) is 0.416. The third kappa shape index (κ3) is 4.57. The molecule has 5 rings (SSSR count). The summed E-state index contributed by atoms with van der Waals surface area (Å²) in [5.74, 6) is 1.66. The van der Waals surface area contributed by atoms with Gasteiger partial charge in [-0.05, 0) is 43.2 Å². The highest BCUT2D eigenvalue weighted by Crippen LogP contribution is 2.25. The summed E-state index contributed by atoms with van der Waals surface area (Å²) in [5.41, 5.74) is 4.10. The van der Waals surface area contributed by atoms with Gasteiger partial charge in [0, 0.05) is 31.5 Å². The van der Waals surface area contributed by atoms with Gasteiger partial charge >= 0.3 is 0 Å². The number of amides is 1. The molecule has 1 aliphatic rings. The number of rotatable bonds is 5. The van der Waals surface area contributed by atoms with E-state index in [1.165, 1.54) is 5.56 Å². The van der Waals surface area contributed by atoms with Crippen LogP contribution in [0.4, 0.5) is 0 Å². The summed E-state index contributed by atoms with van der Waals surface area (Å²) in [7, 11) is 0. The lowest BCUT2D eigenvalue weighted by Crippen LogP contribution is -2.42. The molecule has 0 spiro atoms. The Labute approximate surface area is 199 Å². The maximum atomic E-state index is 13.3. The largest absolute Gasteiger partial charge is 0.490 e. The standard InChI is InChI=1S/C28H28N4O2/c1-20-13-14-21(2)25(19-20)34-24-15-17-31(18-16-24)28(33)26-29-27(22-9-5-3-6-10-22)32(30-26)23-11-7-4-8-12-23/h3-14,19,24H,15-18H2,1-2H3. The van der Waals surface area contributed by atoms with Crippen LogP contribution in [0, 0.1) is 13.8 Å². The van der Waals surface area contributed by atoms with E-state index in [1.807, 2.05) is 65.6 Å². The van der Waals surface area contributed by atoms with Crippen molar-refractivity contribution >= 4 is 5.91 Å². The van der Waals surface area contributed by atoms with E-state index in [1.54, 1.807) is 4.68 Å². The van der Waals surface area contributed by atoms with Crippen LogP contribution in [0.1, 0.15) is 34.6 Å². The highest BCUT2D eigenvalue weighted by atomic mass is 16.5. The van der Waals surface area contributed by atoms with Gasteiger partial charge in [-0.25, -0.2) is 9.67 Å². The number of para-hydroxylation sites is 1. The minimum Gasteiger partial charge on any atom is -0.490 e. The smallest absolute Gasteiger partial charge is 0.293 e. The van der Waals surface area contributed by atoms with E-state index in [0.717, 1.165) is 35.4 Å². The number of nitrogens with zero attached hydrogens (tertiary/aromatic N) is 4. The molecule has 6 heteroatoms. The zero-order valence-corrected chi connectivity index (χ0v) is 19.5. The minimum absolute atomic E-state index is 0.0965.